The van der Waals surface area contributed by atoms with Crippen LogP contribution in [0.4, 0.5) is 8.78 Å². The van der Waals surface area contributed by atoms with E-state index in [0.29, 0.717) is 19.1 Å². The van der Waals surface area contributed by atoms with E-state index in [9.17, 15) is 8.78 Å². The molecule has 0 amide bonds. The zero-order valence-corrected chi connectivity index (χ0v) is 7.18. The van der Waals surface area contributed by atoms with Crippen molar-refractivity contribution in [3.05, 3.63) is 0 Å². The Kier molecular flexibility index (Phi) is 3.88. The summed E-state index contributed by atoms with van der Waals surface area (Å²) in [6, 6.07) is 0.377. The Morgan fingerprint density at radius 2 is 2.08 bits per heavy atom. The monoisotopic (exact) mass is 178 g/mol. The Bertz CT molecular complexity index is 126. The summed E-state index contributed by atoms with van der Waals surface area (Å²) in [5.41, 5.74) is 5.34. The highest BCUT2D eigenvalue weighted by molar-refractivity contribution is 4.80. The second-order valence-corrected chi connectivity index (χ2v) is 3.26. The van der Waals surface area contributed by atoms with Gasteiger partial charge in [-0.25, -0.2) is 8.78 Å². The first-order valence-electron chi connectivity index (χ1n) is 4.46. The fraction of sp³-hybridized carbons (Fsp3) is 1.00. The topological polar surface area (TPSA) is 29.3 Å². The third-order valence-electron chi connectivity index (χ3n) is 2.38. The maximum Gasteiger partial charge on any atom is 0.251 e. The SMILES string of the molecule is NCCN(CC(F)F)C1CCC1. The highest BCUT2D eigenvalue weighted by atomic mass is 19.3. The van der Waals surface area contributed by atoms with Gasteiger partial charge in [-0.3, -0.25) is 4.90 Å². The van der Waals surface area contributed by atoms with Crippen LogP contribution in [-0.2, 0) is 0 Å². The molecule has 1 aliphatic carbocycles. The molecule has 0 atom stereocenters. The minimum atomic E-state index is -2.22. The molecule has 1 saturated carbocycles. The summed E-state index contributed by atoms with van der Waals surface area (Å²) >= 11 is 0. The molecule has 1 rings (SSSR count). The van der Waals surface area contributed by atoms with Gasteiger partial charge in [-0.15, -0.1) is 0 Å². The third kappa shape index (κ3) is 2.68. The first-order chi connectivity index (χ1) is 5.74. The largest absolute Gasteiger partial charge is 0.329 e. The number of hydrogen-bond acceptors (Lipinski definition) is 2. The number of hydrogen-bond donors (Lipinski definition) is 1. The van der Waals surface area contributed by atoms with Gasteiger partial charge in [-0.05, 0) is 12.8 Å². The highest BCUT2D eigenvalue weighted by Crippen LogP contribution is 2.24. The van der Waals surface area contributed by atoms with Crippen molar-refractivity contribution < 1.29 is 8.78 Å². The fourth-order valence-corrected chi connectivity index (χ4v) is 1.52. The fourth-order valence-electron chi connectivity index (χ4n) is 1.52. The van der Waals surface area contributed by atoms with E-state index in [1.807, 2.05) is 4.90 Å². The van der Waals surface area contributed by atoms with Crippen LogP contribution in [0.5, 0.6) is 0 Å². The van der Waals surface area contributed by atoms with Crippen LogP contribution >= 0.6 is 0 Å². The van der Waals surface area contributed by atoms with Crippen LogP contribution in [0.25, 0.3) is 0 Å². The molecule has 0 aliphatic heterocycles. The first kappa shape index (κ1) is 9.86. The maximum absolute atomic E-state index is 12.0. The number of alkyl halides is 2. The average Bonchev–Trinajstić information content (AvgIpc) is 1.81. The minimum absolute atomic E-state index is 0.109. The van der Waals surface area contributed by atoms with Gasteiger partial charge in [0.05, 0.1) is 6.54 Å². The standard InChI is InChI=1S/C8H16F2N2/c9-8(10)6-12(5-4-11)7-2-1-3-7/h7-8H,1-6,11H2. The lowest BCUT2D eigenvalue weighted by Crippen LogP contribution is -2.45. The normalized spacial score (nSPS) is 18.8. The summed E-state index contributed by atoms with van der Waals surface area (Å²) in [7, 11) is 0. The van der Waals surface area contributed by atoms with Crippen molar-refractivity contribution in [2.45, 2.75) is 31.7 Å². The molecule has 1 aliphatic rings. The maximum atomic E-state index is 12.0. The predicted octanol–water partition coefficient (Wildman–Crippen LogP) is 1.06. The van der Waals surface area contributed by atoms with Crippen molar-refractivity contribution in [1.29, 1.82) is 0 Å². The molecule has 1 fully saturated rings. The summed E-state index contributed by atoms with van der Waals surface area (Å²) in [6.07, 6.45) is 1.08. The lowest BCUT2D eigenvalue weighted by atomic mass is 9.91. The molecule has 0 bridgehead atoms. The molecule has 2 nitrogen and oxygen atoms in total. The highest BCUT2D eigenvalue weighted by Gasteiger charge is 2.25. The van der Waals surface area contributed by atoms with Crippen LogP contribution in [0.15, 0.2) is 0 Å². The molecule has 0 aromatic heterocycles. The van der Waals surface area contributed by atoms with E-state index in [2.05, 4.69) is 0 Å². The van der Waals surface area contributed by atoms with Gasteiger partial charge in [0.25, 0.3) is 6.43 Å². The molecular weight excluding hydrogens is 162 g/mol. The molecule has 0 unspecified atom stereocenters. The smallest absolute Gasteiger partial charge is 0.251 e. The predicted molar refractivity (Wildman–Crippen MR) is 44.3 cm³/mol. The first-order valence-corrected chi connectivity index (χ1v) is 4.46. The molecule has 0 saturated heterocycles. The Hall–Kier alpha value is -0.220. The summed E-state index contributed by atoms with van der Waals surface area (Å²) in [4.78, 5) is 1.81. The van der Waals surface area contributed by atoms with Gasteiger partial charge >= 0.3 is 0 Å². The van der Waals surface area contributed by atoms with Gasteiger partial charge in [0.2, 0.25) is 0 Å². The van der Waals surface area contributed by atoms with Crippen molar-refractivity contribution in [3.63, 3.8) is 0 Å². The molecule has 12 heavy (non-hydrogen) atoms. The summed E-state index contributed by atoms with van der Waals surface area (Å²) < 4.78 is 24.1. The molecule has 0 aromatic carbocycles. The average molecular weight is 178 g/mol. The Morgan fingerprint density at radius 1 is 1.42 bits per heavy atom. The van der Waals surface area contributed by atoms with Crippen molar-refractivity contribution in [2.75, 3.05) is 19.6 Å². The second kappa shape index (κ2) is 4.72. The number of nitrogens with two attached hydrogens (primary N) is 1. The molecule has 4 heteroatoms. The Morgan fingerprint density at radius 3 is 2.42 bits per heavy atom. The van der Waals surface area contributed by atoms with E-state index in [1.165, 1.54) is 6.42 Å². The Balaban J connectivity index is 2.26. The van der Waals surface area contributed by atoms with E-state index in [4.69, 9.17) is 5.73 Å². The van der Waals surface area contributed by atoms with E-state index >= 15 is 0 Å². The molecule has 0 spiro atoms. The van der Waals surface area contributed by atoms with Crippen molar-refractivity contribution in [1.82, 2.24) is 4.90 Å². The molecular formula is C8H16F2N2. The third-order valence-corrected chi connectivity index (χ3v) is 2.38. The number of nitrogens with zero attached hydrogens (tertiary/aromatic N) is 1. The van der Waals surface area contributed by atoms with Crippen LogP contribution in [-0.4, -0.2) is 37.0 Å². The molecule has 0 aromatic rings. The van der Waals surface area contributed by atoms with Crippen LogP contribution in [0.2, 0.25) is 0 Å². The van der Waals surface area contributed by atoms with Gasteiger partial charge in [0.1, 0.15) is 0 Å². The summed E-state index contributed by atoms with van der Waals surface area (Å²) in [5.74, 6) is 0. The molecule has 72 valence electrons. The lowest BCUT2D eigenvalue weighted by Gasteiger charge is -2.37. The second-order valence-electron chi connectivity index (χ2n) is 3.26. The summed E-state index contributed by atoms with van der Waals surface area (Å²) in [5, 5.41) is 0. The summed E-state index contributed by atoms with van der Waals surface area (Å²) in [6.45, 7) is 0.972. The van der Waals surface area contributed by atoms with Crippen LogP contribution in [0.3, 0.4) is 0 Å². The van der Waals surface area contributed by atoms with Gasteiger partial charge in [0, 0.05) is 19.1 Å². The molecule has 0 heterocycles. The van der Waals surface area contributed by atoms with Crippen LogP contribution in [0.1, 0.15) is 19.3 Å². The van der Waals surface area contributed by atoms with Crippen molar-refractivity contribution in [2.24, 2.45) is 5.73 Å². The van der Waals surface area contributed by atoms with E-state index in [1.54, 1.807) is 0 Å². The van der Waals surface area contributed by atoms with E-state index in [-0.39, 0.29) is 6.54 Å². The van der Waals surface area contributed by atoms with E-state index in [0.717, 1.165) is 12.8 Å². The quantitative estimate of drug-likeness (QED) is 0.682. The van der Waals surface area contributed by atoms with Gasteiger partial charge in [-0.1, -0.05) is 6.42 Å². The van der Waals surface area contributed by atoms with Crippen molar-refractivity contribution >= 4 is 0 Å². The minimum Gasteiger partial charge on any atom is -0.329 e. The van der Waals surface area contributed by atoms with Gasteiger partial charge in [-0.2, -0.15) is 0 Å². The lowest BCUT2D eigenvalue weighted by molar-refractivity contribution is 0.0439. The number of halogens is 2. The number of rotatable bonds is 5. The zero-order valence-electron chi connectivity index (χ0n) is 7.18. The Labute approximate surface area is 71.7 Å². The van der Waals surface area contributed by atoms with Gasteiger partial charge in [0.15, 0.2) is 0 Å². The molecule has 0 radical (unpaired) electrons. The zero-order chi connectivity index (χ0) is 8.97. The van der Waals surface area contributed by atoms with Crippen LogP contribution < -0.4 is 5.73 Å². The van der Waals surface area contributed by atoms with Crippen molar-refractivity contribution in [3.8, 4) is 0 Å². The molecule has 2 N–H and O–H groups in total. The van der Waals surface area contributed by atoms with Gasteiger partial charge < -0.3 is 5.73 Å². The van der Waals surface area contributed by atoms with E-state index < -0.39 is 6.43 Å². The van der Waals surface area contributed by atoms with Crippen LogP contribution in [0, 0.1) is 0 Å².